The lowest BCUT2D eigenvalue weighted by atomic mass is 9.92. The number of allylic oxidation sites excluding steroid dienone is 2. The molecule has 1 fully saturated rings. The quantitative estimate of drug-likeness (QED) is 0.457. The van der Waals surface area contributed by atoms with E-state index in [2.05, 4.69) is 51.3 Å². The summed E-state index contributed by atoms with van der Waals surface area (Å²) in [4.78, 5) is 18.6. The minimum atomic E-state index is -0.305. The fraction of sp³-hybridized carbons (Fsp3) is 0.400. The maximum Gasteiger partial charge on any atom is 0.204 e. The molecule has 7 nitrogen and oxygen atoms in total. The molecule has 0 bridgehead atoms. The van der Waals surface area contributed by atoms with Crippen LogP contribution >= 0.6 is 0 Å². The van der Waals surface area contributed by atoms with Crippen molar-refractivity contribution in [3.05, 3.63) is 82.2 Å². The molecule has 37 heavy (non-hydrogen) atoms. The van der Waals surface area contributed by atoms with Crippen LogP contribution in [0.1, 0.15) is 47.9 Å². The number of Topliss-reactive ketones (excluding diaryl/α,β-unsaturated/α-hetero) is 1. The fourth-order valence-electron chi connectivity index (χ4n) is 4.35. The van der Waals surface area contributed by atoms with Crippen molar-refractivity contribution in [3.63, 3.8) is 0 Å². The number of hydrogen-bond donors (Lipinski definition) is 3. The molecule has 2 aliphatic rings. The van der Waals surface area contributed by atoms with Crippen molar-refractivity contribution in [2.24, 2.45) is 4.99 Å². The van der Waals surface area contributed by atoms with Crippen LogP contribution in [0.15, 0.2) is 65.0 Å². The van der Waals surface area contributed by atoms with Crippen molar-refractivity contribution in [2.75, 3.05) is 39.5 Å². The molecule has 2 aromatic carbocycles. The number of carbonyl (C=O) groups excluding carboxylic acids is 1. The van der Waals surface area contributed by atoms with Crippen LogP contribution in [0.2, 0.25) is 0 Å². The van der Waals surface area contributed by atoms with Crippen molar-refractivity contribution in [3.8, 4) is 11.8 Å². The SMILES string of the molecule is C[C@H](CO)NCC(CC1=C(O)C(=O)CC=N1)c1ccc(C#Cc2ccc(CN3CCOCC3)cc2)cc1. The maximum absolute atomic E-state index is 11.9. The third kappa shape index (κ3) is 7.85. The predicted octanol–water partition coefficient (Wildman–Crippen LogP) is 3.18. The van der Waals surface area contributed by atoms with Crippen LogP contribution in [0, 0.1) is 11.8 Å². The Morgan fingerprint density at radius 1 is 1.05 bits per heavy atom. The average Bonchev–Trinajstić information content (AvgIpc) is 2.93. The van der Waals surface area contributed by atoms with E-state index >= 15 is 0 Å². The molecular formula is C30H35N3O4. The number of ketones is 1. The first kappa shape index (κ1) is 26.8. The van der Waals surface area contributed by atoms with Gasteiger partial charge in [0.25, 0.3) is 0 Å². The summed E-state index contributed by atoms with van der Waals surface area (Å²) < 4.78 is 5.42. The highest BCUT2D eigenvalue weighted by molar-refractivity contribution is 6.03. The minimum absolute atomic E-state index is 0.0278. The predicted molar refractivity (Wildman–Crippen MR) is 145 cm³/mol. The molecule has 194 valence electrons. The lowest BCUT2D eigenvalue weighted by molar-refractivity contribution is -0.117. The Balaban J connectivity index is 1.42. The summed E-state index contributed by atoms with van der Waals surface area (Å²) in [7, 11) is 0. The second-order valence-corrected chi connectivity index (χ2v) is 9.58. The molecule has 0 saturated carbocycles. The zero-order valence-corrected chi connectivity index (χ0v) is 21.3. The zero-order chi connectivity index (χ0) is 26.0. The van der Waals surface area contributed by atoms with Crippen LogP contribution in [0.25, 0.3) is 0 Å². The molecule has 2 aliphatic heterocycles. The Morgan fingerprint density at radius 3 is 2.35 bits per heavy atom. The van der Waals surface area contributed by atoms with E-state index in [0.717, 1.165) is 49.5 Å². The Kier molecular flexibility index (Phi) is 9.64. The Labute approximate surface area is 218 Å². The fourth-order valence-corrected chi connectivity index (χ4v) is 4.35. The van der Waals surface area contributed by atoms with Gasteiger partial charge >= 0.3 is 0 Å². The maximum atomic E-state index is 11.9. The highest BCUT2D eigenvalue weighted by Crippen LogP contribution is 2.27. The van der Waals surface area contributed by atoms with Gasteiger partial charge in [-0.25, -0.2) is 0 Å². The van der Waals surface area contributed by atoms with Crippen LogP contribution in [-0.4, -0.2) is 72.6 Å². The highest BCUT2D eigenvalue weighted by atomic mass is 16.5. The van der Waals surface area contributed by atoms with E-state index < -0.39 is 0 Å². The summed E-state index contributed by atoms with van der Waals surface area (Å²) in [6.45, 7) is 6.98. The van der Waals surface area contributed by atoms with Gasteiger partial charge in [0.2, 0.25) is 5.78 Å². The number of hydrogen-bond acceptors (Lipinski definition) is 7. The highest BCUT2D eigenvalue weighted by Gasteiger charge is 2.22. The summed E-state index contributed by atoms with van der Waals surface area (Å²) in [5, 5.41) is 22.9. The van der Waals surface area contributed by atoms with E-state index in [1.54, 1.807) is 6.21 Å². The van der Waals surface area contributed by atoms with Gasteiger partial charge in [0.15, 0.2) is 5.76 Å². The first-order chi connectivity index (χ1) is 18.0. The van der Waals surface area contributed by atoms with Gasteiger partial charge in [-0.3, -0.25) is 14.7 Å². The Morgan fingerprint density at radius 2 is 1.70 bits per heavy atom. The number of aliphatic hydroxyl groups excluding tert-OH is 2. The molecule has 2 heterocycles. The van der Waals surface area contributed by atoms with Gasteiger partial charge < -0.3 is 20.3 Å². The molecule has 0 radical (unpaired) electrons. The van der Waals surface area contributed by atoms with E-state index in [0.29, 0.717) is 18.7 Å². The molecule has 4 rings (SSSR count). The Bertz CT molecular complexity index is 1170. The molecule has 0 aliphatic carbocycles. The summed E-state index contributed by atoms with van der Waals surface area (Å²) in [6, 6.07) is 16.4. The van der Waals surface area contributed by atoms with Crippen LogP contribution in [0.3, 0.4) is 0 Å². The van der Waals surface area contributed by atoms with Gasteiger partial charge in [0, 0.05) is 68.3 Å². The van der Waals surface area contributed by atoms with Gasteiger partial charge in [-0.15, -0.1) is 0 Å². The smallest absolute Gasteiger partial charge is 0.204 e. The van der Waals surface area contributed by atoms with Crippen molar-refractivity contribution in [2.45, 2.75) is 38.3 Å². The van der Waals surface area contributed by atoms with E-state index in [9.17, 15) is 15.0 Å². The van der Waals surface area contributed by atoms with Gasteiger partial charge in [-0.05, 0) is 42.3 Å². The van der Waals surface area contributed by atoms with Gasteiger partial charge in [-0.1, -0.05) is 36.1 Å². The summed E-state index contributed by atoms with van der Waals surface area (Å²) in [5.41, 5.74) is 4.60. The lowest BCUT2D eigenvalue weighted by Gasteiger charge is -2.26. The molecule has 3 N–H and O–H groups in total. The molecule has 0 amide bonds. The first-order valence-corrected chi connectivity index (χ1v) is 12.8. The second-order valence-electron chi connectivity index (χ2n) is 9.58. The first-order valence-electron chi connectivity index (χ1n) is 12.8. The zero-order valence-electron chi connectivity index (χ0n) is 21.3. The monoisotopic (exact) mass is 501 g/mol. The lowest BCUT2D eigenvalue weighted by Crippen LogP contribution is -2.35. The van der Waals surface area contributed by atoms with Gasteiger partial charge in [-0.2, -0.15) is 0 Å². The molecule has 1 saturated heterocycles. The van der Waals surface area contributed by atoms with Gasteiger partial charge in [0.1, 0.15) is 0 Å². The van der Waals surface area contributed by atoms with E-state index in [-0.39, 0.29) is 36.5 Å². The number of nitrogens with one attached hydrogen (secondary N) is 1. The summed E-state index contributed by atoms with van der Waals surface area (Å²) >= 11 is 0. The van der Waals surface area contributed by atoms with Crippen molar-refractivity contribution in [1.82, 2.24) is 10.2 Å². The van der Waals surface area contributed by atoms with Crippen LogP contribution < -0.4 is 5.32 Å². The van der Waals surface area contributed by atoms with Crippen molar-refractivity contribution in [1.29, 1.82) is 0 Å². The topological polar surface area (TPSA) is 94.4 Å². The number of benzene rings is 2. The average molecular weight is 502 g/mol. The van der Waals surface area contributed by atoms with Crippen LogP contribution in [-0.2, 0) is 16.1 Å². The Hall–Kier alpha value is -3.28. The minimum Gasteiger partial charge on any atom is -0.503 e. The van der Waals surface area contributed by atoms with Gasteiger partial charge in [0.05, 0.1) is 25.5 Å². The number of carbonyl (C=O) groups is 1. The number of nitrogens with zero attached hydrogens (tertiary/aromatic N) is 2. The second kappa shape index (κ2) is 13.3. The molecule has 0 spiro atoms. The third-order valence-electron chi connectivity index (χ3n) is 6.68. The van der Waals surface area contributed by atoms with E-state index in [4.69, 9.17) is 4.74 Å². The van der Waals surface area contributed by atoms with Crippen molar-refractivity contribution < 1.29 is 19.7 Å². The summed E-state index contributed by atoms with van der Waals surface area (Å²) in [5.74, 6) is 5.90. The van der Waals surface area contributed by atoms with Crippen LogP contribution in [0.5, 0.6) is 0 Å². The normalized spacial score (nSPS) is 17.8. The molecule has 0 aromatic heterocycles. The molecule has 2 aromatic rings. The summed E-state index contributed by atoms with van der Waals surface area (Å²) in [6.07, 6.45) is 2.09. The number of aliphatic hydroxyl groups is 2. The largest absolute Gasteiger partial charge is 0.503 e. The van der Waals surface area contributed by atoms with Crippen molar-refractivity contribution >= 4 is 12.0 Å². The number of morpholine rings is 1. The molecule has 2 atom stereocenters. The van der Waals surface area contributed by atoms with Crippen LogP contribution in [0.4, 0.5) is 0 Å². The number of rotatable bonds is 9. The molecule has 1 unspecified atom stereocenters. The number of aliphatic imine (C=N–C) groups is 1. The van der Waals surface area contributed by atoms with E-state index in [1.165, 1.54) is 5.56 Å². The van der Waals surface area contributed by atoms with E-state index in [1.807, 2.05) is 31.2 Å². The molecular weight excluding hydrogens is 466 g/mol. The standard InChI is InChI=1S/C30H35N3O4/c1-22(21-34)32-19-27(18-28-30(36)29(35)12-13-31-28)26-10-8-24(9-11-26)3-2-23-4-6-25(7-5-23)20-33-14-16-37-17-15-33/h4-11,13,22,27,32,34,36H,12,14-21H2,1H3/t22-,27?/m1/s1. The third-order valence-corrected chi connectivity index (χ3v) is 6.68. The molecule has 7 heteroatoms. The number of ether oxygens (including phenoxy) is 1.